The van der Waals surface area contributed by atoms with E-state index in [0.29, 0.717) is 11.3 Å². The second-order valence-corrected chi connectivity index (χ2v) is 8.05. The molecular weight excluding hydrogens is 433 g/mol. The molecule has 0 aliphatic rings. The number of carbonyl (C=O) groups is 2. The summed E-state index contributed by atoms with van der Waals surface area (Å²) >= 11 is 0.939. The third-order valence-corrected chi connectivity index (χ3v) is 5.26. The first kappa shape index (κ1) is 24.5. The van der Waals surface area contributed by atoms with E-state index in [9.17, 15) is 22.8 Å². The molecule has 0 bridgehead atoms. The Kier molecular flexibility index (Phi) is 8.35. The zero-order valence-electron chi connectivity index (χ0n) is 17.0. The van der Waals surface area contributed by atoms with Crippen LogP contribution in [0.3, 0.4) is 0 Å². The van der Waals surface area contributed by atoms with Gasteiger partial charge in [-0.3, -0.25) is 9.59 Å². The minimum absolute atomic E-state index is 0.0549. The lowest BCUT2D eigenvalue weighted by Crippen LogP contribution is -2.19. The topological polar surface area (TPSA) is 105 Å². The number of carbonyl (C=O) groups excluding carboxylic acids is 2. The quantitative estimate of drug-likeness (QED) is 0.545. The minimum atomic E-state index is -4.51. The number of nitrogens with two attached hydrogens (primary N) is 2. The van der Waals surface area contributed by atoms with Crippen molar-refractivity contribution in [2.75, 3.05) is 18.9 Å². The SMILES string of the molecule is CC(=O)SC(Cc1ccc(Oc2ccc(C(F)(F)F)cc2N)cc1OCCN)C(C)=O. The molecule has 6 nitrogen and oxygen atoms in total. The molecular formula is C21H23F3N2O4S. The van der Waals surface area contributed by atoms with Crippen molar-refractivity contribution < 1.29 is 32.2 Å². The second kappa shape index (κ2) is 10.5. The van der Waals surface area contributed by atoms with Crippen LogP contribution in [0.2, 0.25) is 0 Å². The molecule has 0 heterocycles. The Morgan fingerprint density at radius 1 is 1.10 bits per heavy atom. The normalized spacial score (nSPS) is 12.3. The summed E-state index contributed by atoms with van der Waals surface area (Å²) in [5, 5.41) is -0.752. The monoisotopic (exact) mass is 456 g/mol. The molecule has 0 saturated heterocycles. The molecule has 0 spiro atoms. The van der Waals surface area contributed by atoms with Crippen molar-refractivity contribution in [1.29, 1.82) is 0 Å². The van der Waals surface area contributed by atoms with E-state index >= 15 is 0 Å². The maximum atomic E-state index is 12.8. The number of anilines is 1. The fourth-order valence-corrected chi connectivity index (χ4v) is 3.51. The van der Waals surface area contributed by atoms with Crippen LogP contribution >= 0.6 is 11.8 Å². The number of hydrogen-bond acceptors (Lipinski definition) is 7. The van der Waals surface area contributed by atoms with E-state index in [1.807, 2.05) is 0 Å². The first-order valence-corrected chi connectivity index (χ1v) is 10.2. The predicted octanol–water partition coefficient (Wildman–Crippen LogP) is 4.20. The molecule has 10 heteroatoms. The van der Waals surface area contributed by atoms with E-state index in [1.54, 1.807) is 12.1 Å². The van der Waals surface area contributed by atoms with E-state index < -0.39 is 17.0 Å². The van der Waals surface area contributed by atoms with Gasteiger partial charge in [-0.05, 0) is 43.2 Å². The fraction of sp³-hybridized carbons (Fsp3) is 0.333. The van der Waals surface area contributed by atoms with Gasteiger partial charge in [0.2, 0.25) is 0 Å². The van der Waals surface area contributed by atoms with Gasteiger partial charge >= 0.3 is 6.18 Å². The summed E-state index contributed by atoms with van der Waals surface area (Å²) in [6.07, 6.45) is -4.26. The number of Topliss-reactive ketones (excluding diaryl/α,β-unsaturated/α-hetero) is 1. The van der Waals surface area contributed by atoms with Crippen LogP contribution in [0.5, 0.6) is 17.2 Å². The minimum Gasteiger partial charge on any atom is -0.492 e. The lowest BCUT2D eigenvalue weighted by atomic mass is 10.1. The number of ether oxygens (including phenoxy) is 2. The summed E-state index contributed by atoms with van der Waals surface area (Å²) in [7, 11) is 0. The Morgan fingerprint density at radius 3 is 2.35 bits per heavy atom. The molecule has 1 unspecified atom stereocenters. The van der Waals surface area contributed by atoms with Gasteiger partial charge in [-0.25, -0.2) is 0 Å². The highest BCUT2D eigenvalue weighted by atomic mass is 32.2. The van der Waals surface area contributed by atoms with Gasteiger partial charge in [-0.2, -0.15) is 13.2 Å². The van der Waals surface area contributed by atoms with Gasteiger partial charge in [-0.1, -0.05) is 17.8 Å². The predicted molar refractivity (Wildman–Crippen MR) is 113 cm³/mol. The molecule has 0 aliphatic heterocycles. The largest absolute Gasteiger partial charge is 0.492 e. The number of halogens is 3. The number of nitrogen functional groups attached to an aromatic ring is 1. The summed E-state index contributed by atoms with van der Waals surface area (Å²) in [5.41, 5.74) is 10.8. The first-order chi connectivity index (χ1) is 14.5. The molecule has 0 aliphatic carbocycles. The highest BCUT2D eigenvalue weighted by molar-refractivity contribution is 8.14. The van der Waals surface area contributed by atoms with Crippen molar-refractivity contribution >= 4 is 28.3 Å². The van der Waals surface area contributed by atoms with Crippen LogP contribution < -0.4 is 20.9 Å². The van der Waals surface area contributed by atoms with Gasteiger partial charge in [0.05, 0.1) is 16.5 Å². The lowest BCUT2D eigenvalue weighted by molar-refractivity contribution is -0.137. The van der Waals surface area contributed by atoms with E-state index in [2.05, 4.69) is 0 Å². The van der Waals surface area contributed by atoms with Gasteiger partial charge in [0.15, 0.2) is 5.12 Å². The maximum Gasteiger partial charge on any atom is 0.416 e. The molecule has 0 aromatic heterocycles. The van der Waals surface area contributed by atoms with Gasteiger partial charge in [0.25, 0.3) is 0 Å². The summed E-state index contributed by atoms with van der Waals surface area (Å²) in [4.78, 5) is 23.3. The Balaban J connectivity index is 2.30. The molecule has 1 atom stereocenters. The molecule has 168 valence electrons. The molecule has 0 amide bonds. The molecule has 31 heavy (non-hydrogen) atoms. The number of alkyl halides is 3. The summed E-state index contributed by atoms with van der Waals surface area (Å²) < 4.78 is 49.7. The van der Waals surface area contributed by atoms with Gasteiger partial charge in [0, 0.05) is 19.5 Å². The third-order valence-electron chi connectivity index (χ3n) is 4.15. The number of rotatable bonds is 9. The molecule has 4 N–H and O–H groups in total. The smallest absolute Gasteiger partial charge is 0.416 e. The van der Waals surface area contributed by atoms with Crippen molar-refractivity contribution in [3.05, 3.63) is 47.5 Å². The Morgan fingerprint density at radius 2 is 1.81 bits per heavy atom. The molecule has 2 aromatic carbocycles. The second-order valence-electron chi connectivity index (χ2n) is 6.67. The average molecular weight is 456 g/mol. The maximum absolute atomic E-state index is 12.8. The van der Waals surface area contributed by atoms with E-state index in [-0.39, 0.29) is 47.7 Å². The van der Waals surface area contributed by atoms with Gasteiger partial charge in [-0.15, -0.1) is 0 Å². The van der Waals surface area contributed by atoms with Crippen LogP contribution in [0, 0.1) is 0 Å². The van der Waals surface area contributed by atoms with Gasteiger partial charge in [0.1, 0.15) is 29.6 Å². The molecule has 0 radical (unpaired) electrons. The average Bonchev–Trinajstić information content (AvgIpc) is 2.67. The van der Waals surface area contributed by atoms with Crippen molar-refractivity contribution in [1.82, 2.24) is 0 Å². The Hall–Kier alpha value is -2.72. The zero-order valence-corrected chi connectivity index (χ0v) is 17.8. The van der Waals surface area contributed by atoms with Crippen LogP contribution in [0.4, 0.5) is 18.9 Å². The summed E-state index contributed by atoms with van der Waals surface area (Å²) in [6.45, 7) is 3.24. The molecule has 0 fully saturated rings. The zero-order chi connectivity index (χ0) is 23.2. The number of hydrogen-bond donors (Lipinski definition) is 2. The fourth-order valence-electron chi connectivity index (χ4n) is 2.68. The number of ketones is 1. The standard InChI is InChI=1S/C21H23F3N2O4S/c1-12(27)20(31-13(2)28)9-14-3-5-16(11-19(14)29-8-7-25)30-18-6-4-15(10-17(18)26)21(22,23)24/h3-6,10-11,20H,7-9,25-26H2,1-2H3. The van der Waals surface area contributed by atoms with Gasteiger partial charge < -0.3 is 20.9 Å². The van der Waals surface area contributed by atoms with Crippen molar-refractivity contribution in [3.8, 4) is 17.2 Å². The van der Waals surface area contributed by atoms with Crippen LogP contribution in [0.1, 0.15) is 25.0 Å². The first-order valence-electron chi connectivity index (χ1n) is 9.29. The van der Waals surface area contributed by atoms with Crippen LogP contribution in [-0.2, 0) is 22.2 Å². The molecule has 0 saturated carbocycles. The van der Waals surface area contributed by atoms with E-state index in [0.717, 1.165) is 30.0 Å². The van der Waals surface area contributed by atoms with Crippen molar-refractivity contribution in [2.24, 2.45) is 5.73 Å². The molecule has 2 rings (SSSR count). The van der Waals surface area contributed by atoms with Crippen LogP contribution in [-0.4, -0.2) is 29.3 Å². The van der Waals surface area contributed by atoms with Crippen LogP contribution in [0.15, 0.2) is 36.4 Å². The Bertz CT molecular complexity index is 951. The lowest BCUT2D eigenvalue weighted by Gasteiger charge is -2.17. The highest BCUT2D eigenvalue weighted by Crippen LogP contribution is 2.37. The number of benzene rings is 2. The van der Waals surface area contributed by atoms with E-state index in [1.165, 1.54) is 19.9 Å². The molecule has 2 aromatic rings. The van der Waals surface area contributed by atoms with Crippen molar-refractivity contribution in [3.63, 3.8) is 0 Å². The van der Waals surface area contributed by atoms with E-state index in [4.69, 9.17) is 20.9 Å². The summed E-state index contributed by atoms with van der Waals surface area (Å²) in [5.74, 6) is 0.576. The van der Waals surface area contributed by atoms with Crippen LogP contribution in [0.25, 0.3) is 0 Å². The summed E-state index contributed by atoms with van der Waals surface area (Å²) in [6, 6.07) is 7.60. The number of thioether (sulfide) groups is 1. The highest BCUT2D eigenvalue weighted by Gasteiger charge is 2.31. The third kappa shape index (κ3) is 7.18. The van der Waals surface area contributed by atoms with Crippen molar-refractivity contribution in [2.45, 2.75) is 31.7 Å². The Labute approximate surface area is 182 Å².